The molecule has 2 bridgehead atoms. The molecule has 2 fully saturated rings. The summed E-state index contributed by atoms with van der Waals surface area (Å²) in [5.41, 5.74) is 0.886. The second-order valence-electron chi connectivity index (χ2n) is 7.03. The van der Waals surface area contributed by atoms with Crippen molar-refractivity contribution < 1.29 is 9.32 Å². The lowest BCUT2D eigenvalue weighted by Gasteiger charge is -2.37. The maximum Gasteiger partial charge on any atom is 0.292 e. The number of hydrogen-bond acceptors (Lipinski definition) is 7. The molecule has 8 heteroatoms. The molecule has 27 heavy (non-hydrogen) atoms. The molecule has 0 spiro atoms. The van der Waals surface area contributed by atoms with E-state index in [0.29, 0.717) is 11.7 Å². The molecule has 0 radical (unpaired) electrons. The van der Waals surface area contributed by atoms with Crippen LogP contribution in [0.15, 0.2) is 47.5 Å². The highest BCUT2D eigenvalue weighted by molar-refractivity contribution is 5.91. The van der Waals surface area contributed by atoms with Crippen LogP contribution in [0.2, 0.25) is 0 Å². The van der Waals surface area contributed by atoms with Crippen LogP contribution in [0.3, 0.4) is 0 Å². The summed E-state index contributed by atoms with van der Waals surface area (Å²) >= 11 is 0. The third-order valence-corrected chi connectivity index (χ3v) is 5.45. The molecule has 2 aliphatic rings. The van der Waals surface area contributed by atoms with Gasteiger partial charge in [-0.3, -0.25) is 9.78 Å². The van der Waals surface area contributed by atoms with Crippen molar-refractivity contribution in [1.29, 1.82) is 0 Å². The van der Waals surface area contributed by atoms with E-state index in [1.54, 1.807) is 30.9 Å². The van der Waals surface area contributed by atoms with Gasteiger partial charge in [0.25, 0.3) is 5.91 Å². The molecule has 2 saturated heterocycles. The van der Waals surface area contributed by atoms with Crippen molar-refractivity contribution in [3.63, 3.8) is 0 Å². The highest BCUT2D eigenvalue weighted by Gasteiger charge is 2.45. The number of nitrogens with zero attached hydrogens (tertiary/aromatic N) is 6. The number of amides is 1. The van der Waals surface area contributed by atoms with Crippen LogP contribution in [0.1, 0.15) is 48.1 Å². The van der Waals surface area contributed by atoms with Gasteiger partial charge in [0, 0.05) is 48.4 Å². The Morgan fingerprint density at radius 1 is 1.04 bits per heavy atom. The number of pyridine rings is 1. The van der Waals surface area contributed by atoms with Gasteiger partial charge in [0.05, 0.1) is 0 Å². The number of aromatic nitrogens is 5. The average Bonchev–Trinajstić information content (AvgIpc) is 3.32. The average molecular weight is 362 g/mol. The second kappa shape index (κ2) is 6.53. The van der Waals surface area contributed by atoms with Crippen molar-refractivity contribution in [2.24, 2.45) is 0 Å². The van der Waals surface area contributed by atoms with Gasteiger partial charge >= 0.3 is 0 Å². The van der Waals surface area contributed by atoms with E-state index in [9.17, 15) is 4.79 Å². The quantitative estimate of drug-likeness (QED) is 0.706. The van der Waals surface area contributed by atoms with Crippen molar-refractivity contribution in [1.82, 2.24) is 30.0 Å². The monoisotopic (exact) mass is 362 g/mol. The Morgan fingerprint density at radius 2 is 1.74 bits per heavy atom. The first-order chi connectivity index (χ1) is 13.3. The molecule has 2 aliphatic heterocycles. The molecule has 3 aromatic heterocycles. The first kappa shape index (κ1) is 16.0. The van der Waals surface area contributed by atoms with Crippen LogP contribution in [0.4, 0.5) is 0 Å². The molecule has 3 aromatic rings. The lowest BCUT2D eigenvalue weighted by molar-refractivity contribution is 0.0542. The summed E-state index contributed by atoms with van der Waals surface area (Å²) < 4.78 is 5.55. The molecule has 5 rings (SSSR count). The Kier molecular flexibility index (Phi) is 3.88. The predicted octanol–water partition coefficient (Wildman–Crippen LogP) is 2.47. The molecular weight excluding hydrogens is 344 g/mol. The summed E-state index contributed by atoms with van der Waals surface area (Å²) in [5.74, 6) is 1.60. The van der Waals surface area contributed by atoms with Gasteiger partial charge in [-0.05, 0) is 43.9 Å². The van der Waals surface area contributed by atoms with Crippen LogP contribution in [-0.4, -0.2) is 48.0 Å². The minimum atomic E-state index is -0.0791. The summed E-state index contributed by atoms with van der Waals surface area (Å²) in [5, 5.41) is 4.12. The van der Waals surface area contributed by atoms with Crippen molar-refractivity contribution >= 4 is 5.91 Å². The zero-order chi connectivity index (χ0) is 18.2. The van der Waals surface area contributed by atoms with Gasteiger partial charge in [-0.15, -0.1) is 0 Å². The fourth-order valence-corrected chi connectivity index (χ4v) is 4.25. The SMILES string of the molecule is O=C(c1ncccn1)N1[C@@H]2CC[C@H]1CC(c1nc(-c3ccncc3)no1)C2. The molecule has 1 amide bonds. The fourth-order valence-electron chi connectivity index (χ4n) is 4.25. The van der Waals surface area contributed by atoms with E-state index >= 15 is 0 Å². The van der Waals surface area contributed by atoms with E-state index in [-0.39, 0.29) is 29.7 Å². The van der Waals surface area contributed by atoms with Gasteiger partial charge in [-0.1, -0.05) is 5.16 Å². The minimum absolute atomic E-state index is 0.0791. The topological polar surface area (TPSA) is 97.9 Å². The summed E-state index contributed by atoms with van der Waals surface area (Å²) in [6.07, 6.45) is 10.3. The van der Waals surface area contributed by atoms with Crippen LogP contribution in [0, 0.1) is 0 Å². The van der Waals surface area contributed by atoms with Crippen LogP contribution in [0.5, 0.6) is 0 Å². The maximum absolute atomic E-state index is 12.8. The largest absolute Gasteiger partial charge is 0.339 e. The normalized spacial score (nSPS) is 24.1. The molecule has 1 unspecified atom stereocenters. The zero-order valence-corrected chi connectivity index (χ0v) is 14.6. The molecule has 0 N–H and O–H groups in total. The predicted molar refractivity (Wildman–Crippen MR) is 94.5 cm³/mol. The van der Waals surface area contributed by atoms with Crippen molar-refractivity contribution in [2.45, 2.75) is 43.7 Å². The van der Waals surface area contributed by atoms with Gasteiger partial charge in [0.2, 0.25) is 17.5 Å². The molecule has 136 valence electrons. The van der Waals surface area contributed by atoms with Gasteiger partial charge in [0.15, 0.2) is 0 Å². The zero-order valence-electron chi connectivity index (χ0n) is 14.6. The highest BCUT2D eigenvalue weighted by Crippen LogP contribution is 2.43. The third kappa shape index (κ3) is 2.87. The Bertz CT molecular complexity index is 931. The van der Waals surface area contributed by atoms with Crippen molar-refractivity contribution in [3.8, 4) is 11.4 Å². The number of rotatable bonds is 3. The number of piperidine rings is 1. The lowest BCUT2D eigenvalue weighted by atomic mass is 9.90. The lowest BCUT2D eigenvalue weighted by Crippen LogP contribution is -2.46. The minimum Gasteiger partial charge on any atom is -0.339 e. The summed E-state index contributed by atoms with van der Waals surface area (Å²) in [6.45, 7) is 0. The Balaban J connectivity index is 1.35. The van der Waals surface area contributed by atoms with E-state index in [1.165, 1.54) is 0 Å². The third-order valence-electron chi connectivity index (χ3n) is 5.45. The van der Waals surface area contributed by atoms with E-state index in [2.05, 4.69) is 25.1 Å². The van der Waals surface area contributed by atoms with Gasteiger partial charge in [-0.25, -0.2) is 9.97 Å². The van der Waals surface area contributed by atoms with E-state index in [1.807, 2.05) is 17.0 Å². The van der Waals surface area contributed by atoms with E-state index in [4.69, 9.17) is 4.52 Å². The fraction of sp³-hybridized carbons (Fsp3) is 0.368. The molecular formula is C19H18N6O2. The standard InChI is InChI=1S/C19H18N6O2/c26-19(17-21-6-1-7-22-17)25-14-2-3-15(25)11-13(10-14)18-23-16(24-27-18)12-4-8-20-9-5-12/h1,4-9,13-15H,2-3,10-11H2/t13?,14-,15+. The number of carbonyl (C=O) groups excluding carboxylic acids is 1. The van der Waals surface area contributed by atoms with E-state index < -0.39 is 0 Å². The first-order valence-corrected chi connectivity index (χ1v) is 9.13. The Hall–Kier alpha value is -3.16. The van der Waals surface area contributed by atoms with Gasteiger partial charge in [-0.2, -0.15) is 4.98 Å². The molecule has 8 nitrogen and oxygen atoms in total. The van der Waals surface area contributed by atoms with Crippen LogP contribution < -0.4 is 0 Å². The van der Waals surface area contributed by atoms with E-state index in [0.717, 1.165) is 31.2 Å². The summed E-state index contributed by atoms with van der Waals surface area (Å²) in [7, 11) is 0. The number of fused-ring (bicyclic) bond motifs is 2. The molecule has 0 saturated carbocycles. The molecule has 0 aliphatic carbocycles. The first-order valence-electron chi connectivity index (χ1n) is 9.13. The molecule has 0 aromatic carbocycles. The van der Waals surface area contributed by atoms with Gasteiger partial charge < -0.3 is 9.42 Å². The molecule has 3 atom stereocenters. The smallest absolute Gasteiger partial charge is 0.292 e. The number of carbonyl (C=O) groups is 1. The van der Waals surface area contributed by atoms with Crippen LogP contribution >= 0.6 is 0 Å². The van der Waals surface area contributed by atoms with Crippen molar-refractivity contribution in [2.75, 3.05) is 0 Å². The van der Waals surface area contributed by atoms with Gasteiger partial charge in [0.1, 0.15) is 0 Å². The second-order valence-corrected chi connectivity index (χ2v) is 7.03. The van der Waals surface area contributed by atoms with Crippen molar-refractivity contribution in [3.05, 3.63) is 54.7 Å². The maximum atomic E-state index is 12.8. The highest BCUT2D eigenvalue weighted by atomic mass is 16.5. The molecule has 5 heterocycles. The van der Waals surface area contributed by atoms with Crippen LogP contribution in [-0.2, 0) is 0 Å². The van der Waals surface area contributed by atoms with Crippen LogP contribution in [0.25, 0.3) is 11.4 Å². The Labute approximate surface area is 155 Å². The summed E-state index contributed by atoms with van der Waals surface area (Å²) in [6, 6.07) is 5.77. The Morgan fingerprint density at radius 3 is 2.44 bits per heavy atom. The summed E-state index contributed by atoms with van der Waals surface area (Å²) in [4.78, 5) is 31.6. The number of hydrogen-bond donors (Lipinski definition) is 0.